The van der Waals surface area contributed by atoms with Crippen molar-refractivity contribution in [3.8, 4) is 5.75 Å². The smallest absolute Gasteiger partial charge is 0.336 e. The molecule has 0 amide bonds. The molecule has 3 aromatic carbocycles. The average Bonchev–Trinajstić information content (AvgIpc) is 3.12. The topological polar surface area (TPSA) is 71.7 Å². The number of aromatic carboxylic acids is 1. The van der Waals surface area contributed by atoms with Crippen LogP contribution in [0.15, 0.2) is 60.8 Å². The third kappa shape index (κ3) is 4.84. The number of rotatable bonds is 8. The van der Waals surface area contributed by atoms with Crippen LogP contribution < -0.4 is 4.74 Å². The van der Waals surface area contributed by atoms with Gasteiger partial charge in [0.25, 0.3) is 0 Å². The van der Waals surface area contributed by atoms with Gasteiger partial charge in [0, 0.05) is 45.9 Å². The van der Waals surface area contributed by atoms with Crippen molar-refractivity contribution in [1.29, 1.82) is 0 Å². The first kappa shape index (κ1) is 22.8. The lowest BCUT2D eigenvalue weighted by Gasteiger charge is -2.14. The van der Waals surface area contributed by atoms with E-state index in [0.29, 0.717) is 45.8 Å². The molecule has 5 nitrogen and oxygen atoms in total. The number of aromatic nitrogens is 1. The Hall–Kier alpha value is -3.42. The summed E-state index contributed by atoms with van der Waals surface area (Å²) in [6.07, 6.45) is 2.11. The molecule has 0 aliphatic rings. The maximum atomic E-state index is 14.0. The van der Waals surface area contributed by atoms with E-state index in [4.69, 9.17) is 16.3 Å². The molecule has 8 heteroatoms. The molecule has 0 spiro atoms. The van der Waals surface area contributed by atoms with Crippen LogP contribution in [0.5, 0.6) is 5.75 Å². The Bertz CT molecular complexity index is 1340. The molecule has 0 fully saturated rings. The molecule has 1 heterocycles. The molecule has 1 aromatic heterocycles. The minimum atomic E-state index is -1.05. The van der Waals surface area contributed by atoms with Crippen LogP contribution in [0.4, 0.5) is 8.78 Å². The Balaban J connectivity index is 1.70. The number of carboxylic acids is 1. The van der Waals surface area contributed by atoms with Gasteiger partial charge in [-0.1, -0.05) is 17.7 Å². The number of halogens is 3. The van der Waals surface area contributed by atoms with Gasteiger partial charge in [-0.05, 0) is 54.4 Å². The van der Waals surface area contributed by atoms with Gasteiger partial charge < -0.3 is 19.5 Å². The van der Waals surface area contributed by atoms with Gasteiger partial charge in [0.2, 0.25) is 0 Å². The first-order valence-corrected chi connectivity index (χ1v) is 10.5. The van der Waals surface area contributed by atoms with Gasteiger partial charge in [0.05, 0.1) is 12.1 Å². The minimum Gasteiger partial charge on any atom is -0.488 e. The lowest BCUT2D eigenvalue weighted by atomic mass is 10.0. The van der Waals surface area contributed by atoms with Crippen molar-refractivity contribution in [1.82, 2.24) is 4.57 Å². The molecule has 2 N–H and O–H groups in total. The summed E-state index contributed by atoms with van der Waals surface area (Å²) in [5.74, 6) is -1.95. The van der Waals surface area contributed by atoms with Crippen LogP contribution in [0.2, 0.25) is 5.02 Å². The summed E-state index contributed by atoms with van der Waals surface area (Å²) in [7, 11) is 0. The molecule has 0 aliphatic carbocycles. The highest BCUT2D eigenvalue weighted by atomic mass is 35.5. The third-order valence-electron chi connectivity index (χ3n) is 5.36. The molecule has 0 saturated carbocycles. The van der Waals surface area contributed by atoms with Crippen molar-refractivity contribution in [3.05, 3.63) is 99.7 Å². The summed E-state index contributed by atoms with van der Waals surface area (Å²) < 4.78 is 34.9. The minimum absolute atomic E-state index is 0.105. The van der Waals surface area contributed by atoms with Gasteiger partial charge in [-0.15, -0.1) is 0 Å². The summed E-state index contributed by atoms with van der Waals surface area (Å²) in [6.45, 7) is 0.0702. The Morgan fingerprint density at radius 2 is 1.85 bits per heavy atom. The van der Waals surface area contributed by atoms with Gasteiger partial charge in [0.15, 0.2) is 0 Å². The number of carboxylic acid groups (broad SMARTS) is 1. The molecule has 0 bridgehead atoms. The van der Waals surface area contributed by atoms with Crippen LogP contribution in [-0.4, -0.2) is 27.4 Å². The Labute approximate surface area is 193 Å². The summed E-state index contributed by atoms with van der Waals surface area (Å²) in [4.78, 5) is 11.7. The number of hydrogen-bond acceptors (Lipinski definition) is 3. The largest absolute Gasteiger partial charge is 0.488 e. The fourth-order valence-corrected chi connectivity index (χ4v) is 4.04. The molecule has 4 aromatic rings. The molecule has 4 rings (SSSR count). The molecule has 0 atom stereocenters. The maximum absolute atomic E-state index is 14.0. The van der Waals surface area contributed by atoms with Crippen molar-refractivity contribution >= 4 is 28.5 Å². The van der Waals surface area contributed by atoms with E-state index in [0.717, 1.165) is 6.07 Å². The Morgan fingerprint density at radius 3 is 2.58 bits per heavy atom. The van der Waals surface area contributed by atoms with E-state index in [1.807, 2.05) is 10.6 Å². The van der Waals surface area contributed by atoms with Crippen LogP contribution in [0.3, 0.4) is 0 Å². The predicted octanol–water partition coefficient (Wildman–Crippen LogP) is 5.43. The van der Waals surface area contributed by atoms with Gasteiger partial charge in [-0.25, -0.2) is 13.6 Å². The van der Waals surface area contributed by atoms with Crippen molar-refractivity contribution < 1.29 is 28.5 Å². The van der Waals surface area contributed by atoms with Gasteiger partial charge in [-0.2, -0.15) is 0 Å². The fourth-order valence-electron chi connectivity index (χ4n) is 3.85. The molecular weight excluding hydrogens is 452 g/mol. The quantitative estimate of drug-likeness (QED) is 0.359. The van der Waals surface area contributed by atoms with Crippen LogP contribution >= 0.6 is 11.6 Å². The zero-order valence-corrected chi connectivity index (χ0v) is 18.1. The van der Waals surface area contributed by atoms with E-state index in [2.05, 4.69) is 0 Å². The van der Waals surface area contributed by atoms with Crippen LogP contribution in [0.1, 0.15) is 27.0 Å². The van der Waals surface area contributed by atoms with Crippen molar-refractivity contribution in [2.45, 2.75) is 19.6 Å². The van der Waals surface area contributed by atoms with Crippen LogP contribution in [0, 0.1) is 11.6 Å². The van der Waals surface area contributed by atoms with Crippen LogP contribution in [-0.2, 0) is 19.6 Å². The monoisotopic (exact) mass is 471 g/mol. The molecule has 0 radical (unpaired) electrons. The molecule has 0 unspecified atom stereocenters. The number of fused-ring (bicyclic) bond motifs is 1. The van der Waals surface area contributed by atoms with Gasteiger partial charge >= 0.3 is 5.97 Å². The molecule has 0 saturated heterocycles. The summed E-state index contributed by atoms with van der Waals surface area (Å²) in [6, 6.07) is 13.3. The highest BCUT2D eigenvalue weighted by molar-refractivity contribution is 6.30. The number of nitrogens with zero attached hydrogens (tertiary/aromatic N) is 1. The van der Waals surface area contributed by atoms with Gasteiger partial charge in [0.1, 0.15) is 24.0 Å². The number of aliphatic hydroxyl groups excluding tert-OH is 1. The molecular formula is C25H20ClF2NO4. The van der Waals surface area contributed by atoms with Gasteiger partial charge in [-0.3, -0.25) is 0 Å². The van der Waals surface area contributed by atoms with E-state index in [-0.39, 0.29) is 24.3 Å². The second kappa shape index (κ2) is 9.60. The Morgan fingerprint density at radius 1 is 1.03 bits per heavy atom. The number of aliphatic hydroxyl groups is 1. The number of ether oxygens (including phenoxy) is 1. The number of carbonyl (C=O) groups is 1. The lowest BCUT2D eigenvalue weighted by Crippen LogP contribution is -2.05. The first-order chi connectivity index (χ1) is 15.9. The predicted molar refractivity (Wildman–Crippen MR) is 121 cm³/mol. The van der Waals surface area contributed by atoms with Crippen LogP contribution in [0.25, 0.3) is 10.9 Å². The standard InChI is InChI=1S/C25H20ClF2NO4/c26-18-5-7-23(33-14-16-4-6-19(27)11-21(16)28)17(10-18)13-29-12-15(8-9-30)24-20(25(31)32)2-1-3-22(24)29/h1-7,10-12,30H,8-9,13-14H2,(H,31,32). The number of hydrogen-bond donors (Lipinski definition) is 2. The Kier molecular flexibility index (Phi) is 6.62. The third-order valence-corrected chi connectivity index (χ3v) is 5.59. The second-order valence-electron chi connectivity index (χ2n) is 7.54. The first-order valence-electron chi connectivity index (χ1n) is 10.2. The number of benzene rings is 3. The SMILES string of the molecule is O=C(O)c1cccc2c1c(CCO)cn2Cc1cc(Cl)ccc1OCc1ccc(F)cc1F. The zero-order valence-electron chi connectivity index (χ0n) is 17.4. The fraction of sp³-hybridized carbons (Fsp3) is 0.160. The highest BCUT2D eigenvalue weighted by Crippen LogP contribution is 2.30. The van der Waals surface area contributed by atoms with E-state index in [1.54, 1.807) is 30.5 Å². The molecule has 0 aliphatic heterocycles. The maximum Gasteiger partial charge on any atom is 0.336 e. The van der Waals surface area contributed by atoms with E-state index in [1.165, 1.54) is 18.2 Å². The molecule has 170 valence electrons. The van der Waals surface area contributed by atoms with Crippen molar-refractivity contribution in [2.24, 2.45) is 0 Å². The molecule has 33 heavy (non-hydrogen) atoms. The van der Waals surface area contributed by atoms with E-state index < -0.39 is 17.6 Å². The zero-order chi connectivity index (χ0) is 23.5. The van der Waals surface area contributed by atoms with Crippen molar-refractivity contribution in [2.75, 3.05) is 6.61 Å². The average molecular weight is 472 g/mol. The highest BCUT2D eigenvalue weighted by Gasteiger charge is 2.17. The summed E-state index contributed by atoms with van der Waals surface area (Å²) >= 11 is 6.21. The second-order valence-corrected chi connectivity index (χ2v) is 7.97. The van der Waals surface area contributed by atoms with Crippen molar-refractivity contribution in [3.63, 3.8) is 0 Å². The summed E-state index contributed by atoms with van der Waals surface area (Å²) in [5.41, 5.74) is 2.46. The van der Waals surface area contributed by atoms with E-state index >= 15 is 0 Å². The van der Waals surface area contributed by atoms with E-state index in [9.17, 15) is 23.8 Å². The normalized spacial score (nSPS) is 11.2. The lowest BCUT2D eigenvalue weighted by molar-refractivity contribution is 0.0699. The summed E-state index contributed by atoms with van der Waals surface area (Å²) in [5, 5.41) is 20.1.